The van der Waals surface area contributed by atoms with E-state index in [1.807, 2.05) is 36.7 Å². The molecule has 0 amide bonds. The highest BCUT2D eigenvalue weighted by molar-refractivity contribution is 6.30. The first-order chi connectivity index (χ1) is 9.15. The summed E-state index contributed by atoms with van der Waals surface area (Å²) in [5.41, 5.74) is 2.10. The fourth-order valence-corrected chi connectivity index (χ4v) is 2.54. The van der Waals surface area contributed by atoms with Crippen LogP contribution in [0.15, 0.2) is 30.4 Å². The van der Waals surface area contributed by atoms with Gasteiger partial charge in [-0.05, 0) is 37.6 Å². The maximum atomic E-state index is 6.01. The Morgan fingerprint density at radius 3 is 2.89 bits per heavy atom. The zero-order valence-corrected chi connectivity index (χ0v) is 11.6. The molecule has 0 bridgehead atoms. The zero-order chi connectivity index (χ0) is 13.4. The molecule has 0 fully saturated rings. The van der Waals surface area contributed by atoms with Gasteiger partial charge in [-0.2, -0.15) is 5.10 Å². The molecule has 98 valence electrons. The van der Waals surface area contributed by atoms with Crippen LogP contribution in [0.1, 0.15) is 23.3 Å². The summed E-state index contributed by atoms with van der Waals surface area (Å²) in [5, 5.41) is 8.61. The van der Waals surface area contributed by atoms with Crippen molar-refractivity contribution in [2.24, 2.45) is 0 Å². The molecule has 19 heavy (non-hydrogen) atoms. The van der Waals surface area contributed by atoms with E-state index in [1.165, 1.54) is 0 Å². The topological polar surface area (TPSA) is 42.7 Å². The molecule has 1 aromatic carbocycles. The summed E-state index contributed by atoms with van der Waals surface area (Å²) in [6, 6.07) is 5.92. The lowest BCUT2D eigenvalue weighted by atomic mass is 10.2. The average molecular weight is 275 g/mol. The van der Waals surface area contributed by atoms with Gasteiger partial charge in [0.1, 0.15) is 5.82 Å². The molecule has 1 atom stereocenters. The number of nitrogens with one attached hydrogen (secondary N) is 1. The lowest BCUT2D eigenvalue weighted by molar-refractivity contribution is 0.638. The molecule has 1 aliphatic heterocycles. The van der Waals surface area contributed by atoms with Gasteiger partial charge in [0.15, 0.2) is 5.82 Å². The normalized spacial score (nSPS) is 18.2. The number of aromatic nitrogens is 3. The summed E-state index contributed by atoms with van der Waals surface area (Å²) >= 11 is 6.01. The molecular formula is C14H15ClN4. The Hall–Kier alpha value is -1.65. The minimum atomic E-state index is 0.122. The summed E-state index contributed by atoms with van der Waals surface area (Å²) in [6.45, 7) is 4.81. The van der Waals surface area contributed by atoms with Crippen molar-refractivity contribution in [3.8, 4) is 5.69 Å². The SMILES string of the molecule is Cc1nc(C2C=CCN2)n(-c2ccc(Cl)cc2C)n1. The number of hydrogen-bond donors (Lipinski definition) is 1. The molecule has 0 spiro atoms. The van der Waals surface area contributed by atoms with Gasteiger partial charge in [-0.25, -0.2) is 9.67 Å². The van der Waals surface area contributed by atoms with E-state index in [1.54, 1.807) is 0 Å². The van der Waals surface area contributed by atoms with Gasteiger partial charge in [0.05, 0.1) is 11.7 Å². The zero-order valence-electron chi connectivity index (χ0n) is 10.9. The van der Waals surface area contributed by atoms with Crippen LogP contribution in [-0.2, 0) is 0 Å². The Balaban J connectivity index is 2.11. The van der Waals surface area contributed by atoms with Gasteiger partial charge < -0.3 is 5.32 Å². The molecule has 2 aromatic rings. The Morgan fingerprint density at radius 1 is 1.37 bits per heavy atom. The predicted octanol–water partition coefficient (Wildman–Crippen LogP) is 2.74. The van der Waals surface area contributed by atoms with Crippen LogP contribution in [0.2, 0.25) is 5.02 Å². The van der Waals surface area contributed by atoms with E-state index >= 15 is 0 Å². The third-order valence-electron chi connectivity index (χ3n) is 3.19. The Bertz CT molecular complexity index is 645. The molecule has 0 saturated heterocycles. The van der Waals surface area contributed by atoms with Crippen LogP contribution in [0.3, 0.4) is 0 Å². The van der Waals surface area contributed by atoms with Crippen LogP contribution >= 0.6 is 11.6 Å². The second-order valence-corrected chi connectivity index (χ2v) is 5.11. The number of aryl methyl sites for hydroxylation is 2. The van der Waals surface area contributed by atoms with Crippen molar-refractivity contribution in [3.63, 3.8) is 0 Å². The minimum Gasteiger partial charge on any atom is -0.301 e. The molecule has 1 N–H and O–H groups in total. The molecular weight excluding hydrogens is 260 g/mol. The van der Waals surface area contributed by atoms with Crippen molar-refractivity contribution in [2.75, 3.05) is 6.54 Å². The number of halogens is 1. The monoisotopic (exact) mass is 274 g/mol. The highest BCUT2D eigenvalue weighted by Crippen LogP contribution is 2.23. The van der Waals surface area contributed by atoms with Crippen molar-refractivity contribution in [2.45, 2.75) is 19.9 Å². The van der Waals surface area contributed by atoms with Crippen LogP contribution in [0, 0.1) is 13.8 Å². The molecule has 1 aliphatic rings. The van der Waals surface area contributed by atoms with Crippen LogP contribution in [0.25, 0.3) is 5.69 Å². The lowest BCUT2D eigenvalue weighted by Gasteiger charge is -2.13. The van der Waals surface area contributed by atoms with E-state index in [2.05, 4.69) is 27.6 Å². The third kappa shape index (κ3) is 2.29. The highest BCUT2D eigenvalue weighted by atomic mass is 35.5. The maximum absolute atomic E-state index is 6.01. The summed E-state index contributed by atoms with van der Waals surface area (Å²) < 4.78 is 1.90. The standard InChI is InChI=1S/C14H15ClN4/c1-9-8-11(15)5-6-13(9)19-14(17-10(2)18-19)12-4-3-7-16-12/h3-6,8,12,16H,7H2,1-2H3. The molecule has 0 saturated carbocycles. The number of nitrogens with zero attached hydrogens (tertiary/aromatic N) is 3. The second-order valence-electron chi connectivity index (χ2n) is 4.67. The largest absolute Gasteiger partial charge is 0.301 e. The van der Waals surface area contributed by atoms with Crippen LogP contribution in [0.5, 0.6) is 0 Å². The van der Waals surface area contributed by atoms with Crippen molar-refractivity contribution >= 4 is 11.6 Å². The van der Waals surface area contributed by atoms with E-state index in [0.29, 0.717) is 0 Å². The molecule has 0 aliphatic carbocycles. The smallest absolute Gasteiger partial charge is 0.153 e. The van der Waals surface area contributed by atoms with Gasteiger partial charge in [-0.3, -0.25) is 0 Å². The number of rotatable bonds is 2. The molecule has 3 rings (SSSR count). The first-order valence-corrected chi connectivity index (χ1v) is 6.63. The van der Waals surface area contributed by atoms with Crippen molar-refractivity contribution in [3.05, 3.63) is 52.6 Å². The lowest BCUT2D eigenvalue weighted by Crippen LogP contribution is -2.19. The Kier molecular flexibility index (Phi) is 3.12. The van der Waals surface area contributed by atoms with E-state index in [0.717, 1.165) is 34.5 Å². The van der Waals surface area contributed by atoms with Crippen LogP contribution in [0.4, 0.5) is 0 Å². The van der Waals surface area contributed by atoms with Gasteiger partial charge >= 0.3 is 0 Å². The highest BCUT2D eigenvalue weighted by Gasteiger charge is 2.20. The van der Waals surface area contributed by atoms with Crippen LogP contribution < -0.4 is 5.32 Å². The van der Waals surface area contributed by atoms with Crippen molar-refractivity contribution in [1.82, 2.24) is 20.1 Å². The summed E-state index contributed by atoms with van der Waals surface area (Å²) in [5.74, 6) is 1.68. The Labute approximate surface area is 117 Å². The molecule has 4 nitrogen and oxygen atoms in total. The van der Waals surface area contributed by atoms with Crippen LogP contribution in [-0.4, -0.2) is 21.3 Å². The summed E-state index contributed by atoms with van der Waals surface area (Å²) in [7, 11) is 0. The quantitative estimate of drug-likeness (QED) is 0.857. The summed E-state index contributed by atoms with van der Waals surface area (Å²) in [4.78, 5) is 4.54. The minimum absolute atomic E-state index is 0.122. The third-order valence-corrected chi connectivity index (χ3v) is 3.42. The van der Waals surface area contributed by atoms with Gasteiger partial charge in [0.25, 0.3) is 0 Å². The molecule has 1 unspecified atom stereocenters. The van der Waals surface area contributed by atoms with E-state index in [9.17, 15) is 0 Å². The molecule has 0 radical (unpaired) electrons. The van der Waals surface area contributed by atoms with Crippen molar-refractivity contribution in [1.29, 1.82) is 0 Å². The Morgan fingerprint density at radius 2 is 2.21 bits per heavy atom. The van der Waals surface area contributed by atoms with Gasteiger partial charge in [0, 0.05) is 11.6 Å². The fraction of sp³-hybridized carbons (Fsp3) is 0.286. The first kappa shape index (κ1) is 12.4. The van der Waals surface area contributed by atoms with E-state index < -0.39 is 0 Å². The predicted molar refractivity (Wildman–Crippen MR) is 75.7 cm³/mol. The number of hydrogen-bond acceptors (Lipinski definition) is 3. The maximum Gasteiger partial charge on any atom is 0.153 e. The van der Waals surface area contributed by atoms with Crippen molar-refractivity contribution < 1.29 is 0 Å². The van der Waals surface area contributed by atoms with Gasteiger partial charge in [0.2, 0.25) is 0 Å². The summed E-state index contributed by atoms with van der Waals surface area (Å²) in [6.07, 6.45) is 4.22. The van der Waals surface area contributed by atoms with E-state index in [-0.39, 0.29) is 6.04 Å². The van der Waals surface area contributed by atoms with Gasteiger partial charge in [-0.15, -0.1) is 0 Å². The van der Waals surface area contributed by atoms with E-state index in [4.69, 9.17) is 11.6 Å². The molecule has 2 heterocycles. The molecule has 1 aromatic heterocycles. The molecule has 5 heteroatoms. The fourth-order valence-electron chi connectivity index (χ4n) is 2.31. The van der Waals surface area contributed by atoms with Gasteiger partial charge in [-0.1, -0.05) is 23.8 Å². The average Bonchev–Trinajstić information content (AvgIpc) is 2.97. The number of benzene rings is 1. The first-order valence-electron chi connectivity index (χ1n) is 6.25. The second kappa shape index (κ2) is 4.79.